The monoisotopic (exact) mass is 363 g/mol. The van der Waals surface area contributed by atoms with Gasteiger partial charge in [-0.1, -0.05) is 35.9 Å². The van der Waals surface area contributed by atoms with E-state index in [1.807, 2.05) is 0 Å². The Morgan fingerprint density at radius 1 is 1.17 bits per heavy atom. The van der Waals surface area contributed by atoms with Gasteiger partial charge in [0.2, 0.25) is 0 Å². The van der Waals surface area contributed by atoms with Gasteiger partial charge in [0.1, 0.15) is 5.75 Å². The van der Waals surface area contributed by atoms with Gasteiger partial charge in [-0.2, -0.15) is 0 Å². The number of nitrogens with zero attached hydrogens (tertiary/aromatic N) is 1. The van der Waals surface area contributed by atoms with Crippen LogP contribution in [0.1, 0.15) is 0 Å². The summed E-state index contributed by atoms with van der Waals surface area (Å²) < 4.78 is 57.5. The number of hydrogen-bond acceptors (Lipinski definition) is 3. The number of hydrogen-bond donors (Lipinski definition) is 0. The third kappa shape index (κ3) is 4.17. The molecule has 2 aromatic carbocycles. The zero-order valence-corrected chi connectivity index (χ0v) is 13.8. The molecule has 2 rings (SSSR count). The Balaban J connectivity index is 2.53. The number of halogens is 4. The fourth-order valence-corrected chi connectivity index (χ4v) is 3.54. The fourth-order valence-electron chi connectivity index (χ4n) is 1.99. The van der Waals surface area contributed by atoms with E-state index >= 15 is 0 Å². The highest BCUT2D eigenvalue weighted by molar-refractivity contribution is 7.93. The third-order valence-electron chi connectivity index (χ3n) is 3.11. The largest absolute Gasteiger partial charge is 0.573 e. The number of para-hydroxylation sites is 1. The molecule has 8 heteroatoms. The zero-order valence-electron chi connectivity index (χ0n) is 12.2. The van der Waals surface area contributed by atoms with Crippen LogP contribution in [0.5, 0.6) is 5.75 Å². The molecule has 0 spiro atoms. The lowest BCUT2D eigenvalue weighted by Crippen LogP contribution is -2.17. The van der Waals surface area contributed by atoms with E-state index in [4.69, 9.17) is 11.6 Å². The minimum absolute atomic E-state index is 0.169. The van der Waals surface area contributed by atoms with Crippen LogP contribution in [0.2, 0.25) is 5.02 Å². The predicted molar refractivity (Wildman–Crippen MR) is 84.3 cm³/mol. The van der Waals surface area contributed by atoms with Crippen LogP contribution in [0.25, 0.3) is 11.1 Å². The maximum Gasteiger partial charge on any atom is 0.573 e. The summed E-state index contributed by atoms with van der Waals surface area (Å²) in [5.74, 6) is -0.332. The molecule has 0 heterocycles. The molecule has 0 aromatic heterocycles. The molecule has 0 bridgehead atoms. The molecule has 23 heavy (non-hydrogen) atoms. The second-order valence-corrected chi connectivity index (χ2v) is 7.49. The molecule has 0 aliphatic rings. The summed E-state index contributed by atoms with van der Waals surface area (Å²) in [6, 6.07) is 10.2. The highest BCUT2D eigenvalue weighted by atomic mass is 35.5. The van der Waals surface area contributed by atoms with Gasteiger partial charge in [0.05, 0.1) is 19.6 Å². The van der Waals surface area contributed by atoms with Crippen molar-refractivity contribution < 1.29 is 22.1 Å². The van der Waals surface area contributed by atoms with E-state index in [2.05, 4.69) is 9.10 Å². The molecule has 124 valence electrons. The standard InChI is InChI=1S/C15H13ClF3NO2S/c1-20-23(2,21)14-8-7-10(9-12(14)16)11-5-3-4-6-13(11)22-15(17,18)19/h3-9H,1-2H3. The first kappa shape index (κ1) is 17.6. The summed E-state index contributed by atoms with van der Waals surface area (Å²) in [5, 5.41) is 0.169. The van der Waals surface area contributed by atoms with Gasteiger partial charge in [-0.15, -0.1) is 13.2 Å². The lowest BCUT2D eigenvalue weighted by Gasteiger charge is -2.14. The van der Waals surface area contributed by atoms with E-state index in [0.29, 0.717) is 10.5 Å². The summed E-state index contributed by atoms with van der Waals surface area (Å²) in [7, 11) is -1.22. The molecule has 0 N–H and O–H groups in total. The van der Waals surface area contributed by atoms with Crippen molar-refractivity contribution in [1.82, 2.24) is 0 Å². The molecule has 0 amide bonds. The van der Waals surface area contributed by atoms with E-state index in [0.717, 1.165) is 0 Å². The molecule has 1 atom stereocenters. The first-order valence-electron chi connectivity index (χ1n) is 6.39. The summed E-state index contributed by atoms with van der Waals surface area (Å²) >= 11 is 6.13. The lowest BCUT2D eigenvalue weighted by molar-refractivity contribution is -0.274. The molecular formula is C15H13ClF3NO2S. The molecule has 3 nitrogen and oxygen atoms in total. The Labute approximate surface area is 137 Å². The number of benzene rings is 2. The molecule has 2 aromatic rings. The normalized spacial score (nSPS) is 14.2. The summed E-state index contributed by atoms with van der Waals surface area (Å²) in [6.07, 6.45) is -3.35. The molecule has 0 saturated heterocycles. The minimum Gasteiger partial charge on any atom is -0.405 e. The van der Waals surface area contributed by atoms with E-state index in [1.54, 1.807) is 6.07 Å². The average Bonchev–Trinajstić information content (AvgIpc) is 2.45. The first-order chi connectivity index (χ1) is 10.6. The minimum atomic E-state index is -4.79. The molecular weight excluding hydrogens is 351 g/mol. The van der Waals surface area contributed by atoms with Gasteiger partial charge in [-0.3, -0.25) is 0 Å². The van der Waals surface area contributed by atoms with Crippen molar-refractivity contribution in [3.63, 3.8) is 0 Å². The lowest BCUT2D eigenvalue weighted by atomic mass is 10.0. The van der Waals surface area contributed by atoms with Crippen molar-refractivity contribution in [2.24, 2.45) is 4.36 Å². The second kappa shape index (κ2) is 6.41. The van der Waals surface area contributed by atoms with Crippen molar-refractivity contribution in [3.8, 4) is 16.9 Å². The Bertz CT molecular complexity index is 843. The van der Waals surface area contributed by atoms with Crippen molar-refractivity contribution in [1.29, 1.82) is 0 Å². The first-order valence-corrected chi connectivity index (χ1v) is 8.69. The number of alkyl halides is 3. The summed E-state index contributed by atoms with van der Waals surface area (Å²) in [6.45, 7) is 0. The van der Waals surface area contributed by atoms with E-state index in [1.165, 1.54) is 49.7 Å². The molecule has 1 unspecified atom stereocenters. The van der Waals surface area contributed by atoms with Crippen LogP contribution < -0.4 is 4.74 Å². The number of rotatable bonds is 3. The Morgan fingerprint density at radius 3 is 2.39 bits per heavy atom. The van der Waals surface area contributed by atoms with Gasteiger partial charge in [0.15, 0.2) is 0 Å². The van der Waals surface area contributed by atoms with Crippen LogP contribution in [0, 0.1) is 0 Å². The van der Waals surface area contributed by atoms with Gasteiger partial charge in [0, 0.05) is 18.9 Å². The Hall–Kier alpha value is -1.73. The van der Waals surface area contributed by atoms with E-state index in [-0.39, 0.29) is 16.3 Å². The Morgan fingerprint density at radius 2 is 1.83 bits per heavy atom. The van der Waals surface area contributed by atoms with Crippen molar-refractivity contribution in [2.75, 3.05) is 13.3 Å². The maximum absolute atomic E-state index is 12.5. The molecule has 0 aliphatic heterocycles. The maximum atomic E-state index is 12.5. The summed E-state index contributed by atoms with van der Waals surface area (Å²) in [4.78, 5) is 0.333. The zero-order chi connectivity index (χ0) is 17.3. The van der Waals surface area contributed by atoms with Crippen molar-refractivity contribution in [2.45, 2.75) is 11.3 Å². The quantitative estimate of drug-likeness (QED) is 0.770. The van der Waals surface area contributed by atoms with Gasteiger partial charge in [-0.25, -0.2) is 8.57 Å². The smallest absolute Gasteiger partial charge is 0.405 e. The van der Waals surface area contributed by atoms with Crippen LogP contribution in [-0.2, 0) is 9.73 Å². The van der Waals surface area contributed by atoms with E-state index in [9.17, 15) is 17.4 Å². The van der Waals surface area contributed by atoms with Gasteiger partial charge in [-0.05, 0) is 23.8 Å². The molecule has 0 saturated carbocycles. The second-order valence-electron chi connectivity index (χ2n) is 4.67. The Kier molecular flexibility index (Phi) is 4.91. The highest BCUT2D eigenvalue weighted by Gasteiger charge is 2.32. The molecule has 0 radical (unpaired) electrons. The molecule has 0 aliphatic carbocycles. The van der Waals surface area contributed by atoms with Crippen LogP contribution in [-0.4, -0.2) is 23.9 Å². The number of ether oxygens (including phenoxy) is 1. The predicted octanol–water partition coefficient (Wildman–Crippen LogP) is 4.99. The van der Waals surface area contributed by atoms with Crippen molar-refractivity contribution in [3.05, 3.63) is 47.5 Å². The highest BCUT2D eigenvalue weighted by Crippen LogP contribution is 2.36. The third-order valence-corrected chi connectivity index (χ3v) is 5.41. The van der Waals surface area contributed by atoms with Gasteiger partial charge >= 0.3 is 6.36 Å². The van der Waals surface area contributed by atoms with Crippen LogP contribution in [0.3, 0.4) is 0 Å². The van der Waals surface area contributed by atoms with Crippen LogP contribution >= 0.6 is 11.6 Å². The average molecular weight is 364 g/mol. The van der Waals surface area contributed by atoms with Crippen molar-refractivity contribution >= 4 is 21.3 Å². The van der Waals surface area contributed by atoms with Gasteiger partial charge in [0.25, 0.3) is 0 Å². The van der Waals surface area contributed by atoms with Crippen LogP contribution in [0.15, 0.2) is 51.7 Å². The topological polar surface area (TPSA) is 38.7 Å². The van der Waals surface area contributed by atoms with Gasteiger partial charge < -0.3 is 4.74 Å². The van der Waals surface area contributed by atoms with E-state index < -0.39 is 16.1 Å². The molecule has 0 fully saturated rings. The summed E-state index contributed by atoms with van der Waals surface area (Å²) in [5.41, 5.74) is 0.652. The van der Waals surface area contributed by atoms with Crippen LogP contribution in [0.4, 0.5) is 13.2 Å². The SMILES string of the molecule is CN=S(C)(=O)c1ccc(-c2ccccc2OC(F)(F)F)cc1Cl. The fraction of sp³-hybridized carbons (Fsp3) is 0.200.